The van der Waals surface area contributed by atoms with Crippen LogP contribution in [0.2, 0.25) is 0 Å². The Balaban J connectivity index is 3.51. The molecule has 0 aromatic carbocycles. The number of aromatic nitrogens is 1. The first-order valence-corrected chi connectivity index (χ1v) is 3.99. The van der Waals surface area contributed by atoms with Crippen LogP contribution < -0.4 is 4.74 Å². The van der Waals surface area contributed by atoms with E-state index in [1.165, 1.54) is 0 Å². The first-order chi connectivity index (χ1) is 8.13. The van der Waals surface area contributed by atoms with Crippen LogP contribution in [0.25, 0.3) is 0 Å². The lowest BCUT2D eigenvalue weighted by molar-refractivity contribution is -0.390. The van der Waals surface area contributed by atoms with E-state index in [2.05, 4.69) is 9.72 Å². The summed E-state index contributed by atoms with van der Waals surface area (Å²) >= 11 is 0. The van der Waals surface area contributed by atoms with Crippen molar-refractivity contribution in [1.82, 2.24) is 4.98 Å². The molecule has 0 unspecified atom stereocenters. The zero-order valence-corrected chi connectivity index (χ0v) is 8.13. The van der Waals surface area contributed by atoms with Gasteiger partial charge in [0.1, 0.15) is 0 Å². The molecule has 0 fully saturated rings. The minimum Gasteiger partial charge on any atom is -0.502 e. The number of nitrogens with zero attached hydrogens (tertiary/aromatic N) is 2. The highest BCUT2D eigenvalue weighted by Gasteiger charge is 2.38. The highest BCUT2D eigenvalue weighted by atomic mass is 19.4. The number of carboxylic acid groups (broad SMARTS) is 1. The summed E-state index contributed by atoms with van der Waals surface area (Å²) in [6, 6.07) is 0. The molecule has 98 valence electrons. The fourth-order valence-corrected chi connectivity index (χ4v) is 1.03. The number of halogens is 3. The molecule has 0 aliphatic rings. The van der Waals surface area contributed by atoms with Crippen molar-refractivity contribution in [2.75, 3.05) is 0 Å². The van der Waals surface area contributed by atoms with Crippen molar-refractivity contribution in [3.63, 3.8) is 0 Å². The summed E-state index contributed by atoms with van der Waals surface area (Å²) in [5.41, 5.74) is -1.49. The molecule has 1 heterocycles. The molecule has 0 saturated heterocycles. The van der Waals surface area contributed by atoms with Crippen LogP contribution in [0.5, 0.6) is 11.5 Å². The van der Waals surface area contributed by atoms with E-state index in [-0.39, 0.29) is 6.20 Å². The van der Waals surface area contributed by atoms with E-state index in [0.29, 0.717) is 0 Å². The van der Waals surface area contributed by atoms with Gasteiger partial charge in [-0.05, 0) is 9.91 Å². The van der Waals surface area contributed by atoms with E-state index < -0.39 is 40.1 Å². The van der Waals surface area contributed by atoms with Gasteiger partial charge in [-0.25, -0.2) is 4.79 Å². The Kier molecular flexibility index (Phi) is 3.26. The van der Waals surface area contributed by atoms with E-state index in [1.807, 2.05) is 0 Å². The molecule has 1 aromatic rings. The number of pyridine rings is 1. The summed E-state index contributed by atoms with van der Waals surface area (Å²) in [7, 11) is 0. The molecule has 0 bridgehead atoms. The number of alkyl halides is 3. The number of carboxylic acids is 1. The van der Waals surface area contributed by atoms with Crippen LogP contribution in [0.4, 0.5) is 19.0 Å². The van der Waals surface area contributed by atoms with Crippen LogP contribution in [-0.2, 0) is 0 Å². The van der Waals surface area contributed by atoms with E-state index >= 15 is 0 Å². The van der Waals surface area contributed by atoms with Crippen molar-refractivity contribution in [1.29, 1.82) is 0 Å². The lowest BCUT2D eigenvalue weighted by atomic mass is 10.2. The Morgan fingerprint density at radius 2 is 2.06 bits per heavy atom. The molecule has 0 radical (unpaired) electrons. The minimum absolute atomic E-state index is 0.283. The molecule has 1 aromatic heterocycles. The molecular weight excluding hydrogens is 265 g/mol. The van der Waals surface area contributed by atoms with Crippen LogP contribution in [0.3, 0.4) is 0 Å². The Hall–Kier alpha value is -2.59. The maximum absolute atomic E-state index is 12.0. The van der Waals surface area contributed by atoms with Crippen molar-refractivity contribution < 1.29 is 37.8 Å². The van der Waals surface area contributed by atoms with Crippen LogP contribution >= 0.6 is 0 Å². The average molecular weight is 268 g/mol. The number of hydrogen-bond acceptors (Lipinski definition) is 6. The number of aromatic hydroxyl groups is 1. The maximum Gasteiger partial charge on any atom is 0.573 e. The maximum atomic E-state index is 12.0. The molecule has 8 nitrogen and oxygen atoms in total. The lowest BCUT2D eigenvalue weighted by Crippen LogP contribution is -2.20. The smallest absolute Gasteiger partial charge is 0.502 e. The third-order valence-corrected chi connectivity index (χ3v) is 1.60. The van der Waals surface area contributed by atoms with Crippen molar-refractivity contribution in [2.45, 2.75) is 6.36 Å². The largest absolute Gasteiger partial charge is 0.573 e. The molecule has 0 saturated carbocycles. The van der Waals surface area contributed by atoms with Crippen molar-refractivity contribution in [2.24, 2.45) is 0 Å². The third kappa shape index (κ3) is 2.75. The van der Waals surface area contributed by atoms with Gasteiger partial charge in [0, 0.05) is 0 Å². The van der Waals surface area contributed by atoms with Crippen molar-refractivity contribution >= 4 is 11.8 Å². The summed E-state index contributed by atoms with van der Waals surface area (Å²) in [6.07, 6.45) is -5.04. The van der Waals surface area contributed by atoms with Gasteiger partial charge in [-0.15, -0.1) is 13.2 Å². The molecule has 0 atom stereocenters. The molecule has 11 heteroatoms. The van der Waals surface area contributed by atoms with Gasteiger partial charge >= 0.3 is 18.1 Å². The van der Waals surface area contributed by atoms with E-state index in [1.54, 1.807) is 0 Å². The Morgan fingerprint density at radius 3 is 2.44 bits per heavy atom. The fraction of sp³-hybridized carbons (Fsp3) is 0.143. The predicted octanol–water partition coefficient (Wildman–Crippen LogP) is 1.29. The van der Waals surface area contributed by atoms with E-state index in [0.717, 1.165) is 0 Å². The van der Waals surface area contributed by atoms with Crippen LogP contribution in [0, 0.1) is 10.1 Å². The Bertz CT molecular complexity index is 515. The predicted molar refractivity (Wildman–Crippen MR) is 46.2 cm³/mol. The molecule has 2 N–H and O–H groups in total. The van der Waals surface area contributed by atoms with Gasteiger partial charge in [0.05, 0.1) is 0 Å². The average Bonchev–Trinajstić information content (AvgIpc) is 2.17. The zero-order valence-electron chi connectivity index (χ0n) is 8.13. The second kappa shape index (κ2) is 4.35. The molecule has 0 amide bonds. The molecule has 18 heavy (non-hydrogen) atoms. The highest BCUT2D eigenvalue weighted by molar-refractivity contribution is 5.95. The van der Waals surface area contributed by atoms with Gasteiger partial charge in [-0.3, -0.25) is 0 Å². The lowest BCUT2D eigenvalue weighted by Gasteiger charge is -2.11. The van der Waals surface area contributed by atoms with Gasteiger partial charge in [0.2, 0.25) is 11.3 Å². The van der Waals surface area contributed by atoms with Gasteiger partial charge in [0.15, 0.2) is 11.9 Å². The number of hydrogen-bond donors (Lipinski definition) is 2. The first-order valence-electron chi connectivity index (χ1n) is 3.99. The normalized spacial score (nSPS) is 11.1. The number of carbonyl (C=O) groups is 1. The van der Waals surface area contributed by atoms with E-state index in [9.17, 15) is 28.1 Å². The van der Waals surface area contributed by atoms with Crippen LogP contribution in [0.1, 0.15) is 10.4 Å². The molecule has 0 spiro atoms. The number of ether oxygens (including phenoxy) is 1. The van der Waals surface area contributed by atoms with Gasteiger partial charge in [-0.2, -0.15) is 0 Å². The standard InChI is InChI=1S/C7H3F3N2O6/c8-7(9,10)18-4-2(13)1-11-5(12(16)17)3(4)6(14)15/h1,13H,(H,14,15). The van der Waals surface area contributed by atoms with E-state index in [4.69, 9.17) is 10.2 Å². The second-order valence-electron chi connectivity index (χ2n) is 2.78. The van der Waals surface area contributed by atoms with Gasteiger partial charge in [0.25, 0.3) is 0 Å². The monoisotopic (exact) mass is 268 g/mol. The molecule has 0 aliphatic heterocycles. The second-order valence-corrected chi connectivity index (χ2v) is 2.78. The summed E-state index contributed by atoms with van der Waals surface area (Å²) < 4.78 is 39.2. The number of aromatic carboxylic acids is 1. The van der Waals surface area contributed by atoms with Crippen molar-refractivity contribution in [3.05, 3.63) is 21.9 Å². The number of nitro groups is 1. The first kappa shape index (κ1) is 13.5. The Labute approximate surface area is 95.4 Å². The summed E-state index contributed by atoms with van der Waals surface area (Å²) in [6.45, 7) is 0. The Morgan fingerprint density at radius 1 is 1.50 bits per heavy atom. The fourth-order valence-electron chi connectivity index (χ4n) is 1.03. The zero-order chi connectivity index (χ0) is 14.1. The topological polar surface area (TPSA) is 123 Å². The summed E-state index contributed by atoms with van der Waals surface area (Å²) in [4.78, 5) is 22.7. The number of rotatable bonds is 3. The van der Waals surface area contributed by atoms with Crippen molar-refractivity contribution in [3.8, 4) is 11.5 Å². The SMILES string of the molecule is O=C(O)c1c([N+](=O)[O-])ncc(O)c1OC(F)(F)F. The van der Waals surface area contributed by atoms with Gasteiger partial charge < -0.3 is 25.1 Å². The van der Waals surface area contributed by atoms with Gasteiger partial charge in [-0.1, -0.05) is 0 Å². The minimum atomic E-state index is -5.32. The molecule has 1 rings (SSSR count). The summed E-state index contributed by atoms with van der Waals surface area (Å²) in [5, 5.41) is 28.1. The third-order valence-electron chi connectivity index (χ3n) is 1.60. The summed E-state index contributed by atoms with van der Waals surface area (Å²) in [5.74, 6) is -6.34. The van der Waals surface area contributed by atoms with Crippen LogP contribution in [-0.4, -0.2) is 32.5 Å². The molecular formula is C7H3F3N2O6. The molecule has 0 aliphatic carbocycles. The quantitative estimate of drug-likeness (QED) is 0.625. The van der Waals surface area contributed by atoms with Crippen LogP contribution in [0.15, 0.2) is 6.20 Å². The highest BCUT2D eigenvalue weighted by Crippen LogP contribution is 2.37.